The fourth-order valence-electron chi connectivity index (χ4n) is 2.52. The number of nitrogens with zero attached hydrogens (tertiary/aromatic N) is 2. The fraction of sp³-hybridized carbons (Fsp3) is 0.263. The number of hydrogen-bond acceptors (Lipinski definition) is 4. The first-order chi connectivity index (χ1) is 11.6. The van der Waals surface area contributed by atoms with Crippen molar-refractivity contribution in [2.75, 3.05) is 6.61 Å². The Morgan fingerprint density at radius 2 is 1.96 bits per heavy atom. The number of benzene rings is 1. The van der Waals surface area contributed by atoms with Gasteiger partial charge >= 0.3 is 0 Å². The summed E-state index contributed by atoms with van der Waals surface area (Å²) in [4.78, 5) is 16.7. The molecule has 3 aromatic rings. The highest BCUT2D eigenvalue weighted by molar-refractivity contribution is 7.09. The van der Waals surface area contributed by atoms with E-state index in [0.717, 1.165) is 33.1 Å². The van der Waals surface area contributed by atoms with Gasteiger partial charge in [-0.25, -0.2) is 4.98 Å². The zero-order chi connectivity index (χ0) is 17.1. The number of hydrogen-bond donors (Lipinski definition) is 0. The van der Waals surface area contributed by atoms with E-state index in [0.29, 0.717) is 13.2 Å². The Kier molecular flexibility index (Phi) is 4.81. The Labute approximate surface area is 145 Å². The van der Waals surface area contributed by atoms with Crippen LogP contribution in [0.4, 0.5) is 0 Å². The molecule has 0 amide bonds. The number of aromatic nitrogens is 2. The molecule has 0 aliphatic heterocycles. The second kappa shape index (κ2) is 7.01. The molecular weight excluding hydrogens is 320 g/mol. The Morgan fingerprint density at radius 3 is 2.71 bits per heavy atom. The van der Waals surface area contributed by atoms with Gasteiger partial charge in [0.2, 0.25) is 0 Å². The van der Waals surface area contributed by atoms with E-state index in [2.05, 4.69) is 13.0 Å². The van der Waals surface area contributed by atoms with Crippen LogP contribution in [0.2, 0.25) is 0 Å². The Balaban J connectivity index is 1.91. The summed E-state index contributed by atoms with van der Waals surface area (Å²) in [6.07, 6.45) is 1.82. The van der Waals surface area contributed by atoms with Gasteiger partial charge in [-0.1, -0.05) is 11.6 Å². The van der Waals surface area contributed by atoms with E-state index >= 15 is 0 Å². The molecule has 0 radical (unpaired) electrons. The van der Waals surface area contributed by atoms with Gasteiger partial charge in [-0.2, -0.15) is 0 Å². The Bertz CT molecular complexity index is 912. The average molecular weight is 340 g/mol. The van der Waals surface area contributed by atoms with Crippen molar-refractivity contribution >= 4 is 11.3 Å². The summed E-state index contributed by atoms with van der Waals surface area (Å²) >= 11 is 1.56. The maximum atomic E-state index is 12.0. The quantitative estimate of drug-likeness (QED) is 0.704. The molecule has 0 aliphatic carbocycles. The summed E-state index contributed by atoms with van der Waals surface area (Å²) in [5, 5.41) is 2.92. The van der Waals surface area contributed by atoms with E-state index < -0.39 is 0 Å². The monoisotopic (exact) mass is 340 g/mol. The molecule has 0 atom stereocenters. The first-order valence-corrected chi connectivity index (χ1v) is 8.80. The van der Waals surface area contributed by atoms with E-state index in [1.807, 2.05) is 43.6 Å². The van der Waals surface area contributed by atoms with Crippen LogP contribution in [0.25, 0.3) is 11.3 Å². The van der Waals surface area contributed by atoms with E-state index in [9.17, 15) is 4.79 Å². The lowest BCUT2D eigenvalue weighted by atomic mass is 10.1. The van der Waals surface area contributed by atoms with Crippen molar-refractivity contribution in [2.45, 2.75) is 27.3 Å². The molecule has 0 fully saturated rings. The number of rotatable bonds is 5. The molecule has 0 spiro atoms. The molecule has 2 aromatic heterocycles. The maximum Gasteiger partial charge on any atom is 0.251 e. The van der Waals surface area contributed by atoms with Crippen molar-refractivity contribution in [3.05, 3.63) is 68.4 Å². The second-order valence-electron chi connectivity index (χ2n) is 5.73. The minimum absolute atomic E-state index is 0.00249. The minimum atomic E-state index is -0.00249. The van der Waals surface area contributed by atoms with E-state index in [4.69, 9.17) is 9.72 Å². The minimum Gasteiger partial charge on any atom is -0.493 e. The molecule has 0 saturated heterocycles. The van der Waals surface area contributed by atoms with Crippen LogP contribution in [0.5, 0.6) is 5.75 Å². The fourth-order valence-corrected chi connectivity index (χ4v) is 3.31. The molecule has 1 aromatic carbocycles. The predicted octanol–water partition coefficient (Wildman–Crippen LogP) is 4.04. The summed E-state index contributed by atoms with van der Waals surface area (Å²) in [6, 6.07) is 9.68. The Morgan fingerprint density at radius 1 is 1.17 bits per heavy atom. The standard InChI is InChI=1S/C19H20N2O2S/c1-4-23-17-6-5-13(2)9-15(17)16-12-24-18(20-16)11-21-8-7-14(3)10-19(21)22/h5-10,12H,4,11H2,1-3H3. The van der Waals surface area contributed by atoms with Gasteiger partial charge in [0.05, 0.1) is 18.8 Å². The zero-order valence-corrected chi connectivity index (χ0v) is 14.9. The van der Waals surface area contributed by atoms with Crippen LogP contribution in [-0.2, 0) is 6.54 Å². The third kappa shape index (κ3) is 3.57. The van der Waals surface area contributed by atoms with Crippen LogP contribution in [0.15, 0.2) is 46.7 Å². The number of thiazole rings is 1. The number of ether oxygens (including phenoxy) is 1. The van der Waals surface area contributed by atoms with Crippen molar-refractivity contribution in [1.82, 2.24) is 9.55 Å². The van der Waals surface area contributed by atoms with E-state index in [-0.39, 0.29) is 5.56 Å². The van der Waals surface area contributed by atoms with Gasteiger partial charge in [-0.3, -0.25) is 4.79 Å². The van der Waals surface area contributed by atoms with Crippen LogP contribution < -0.4 is 10.3 Å². The highest BCUT2D eigenvalue weighted by Gasteiger charge is 2.11. The summed E-state index contributed by atoms with van der Waals surface area (Å²) in [7, 11) is 0. The molecule has 0 saturated carbocycles. The van der Waals surface area contributed by atoms with Gasteiger partial charge in [0.1, 0.15) is 10.8 Å². The Hall–Kier alpha value is -2.40. The smallest absolute Gasteiger partial charge is 0.251 e. The van der Waals surface area contributed by atoms with Crippen LogP contribution in [0.1, 0.15) is 23.1 Å². The topological polar surface area (TPSA) is 44.1 Å². The van der Waals surface area contributed by atoms with Crippen molar-refractivity contribution < 1.29 is 4.74 Å². The molecule has 0 unspecified atom stereocenters. The lowest BCUT2D eigenvalue weighted by Crippen LogP contribution is -2.19. The first-order valence-electron chi connectivity index (χ1n) is 7.92. The second-order valence-corrected chi connectivity index (χ2v) is 6.67. The lowest BCUT2D eigenvalue weighted by molar-refractivity contribution is 0.341. The summed E-state index contributed by atoms with van der Waals surface area (Å²) in [5.74, 6) is 0.840. The van der Waals surface area contributed by atoms with Gasteiger partial charge in [-0.15, -0.1) is 11.3 Å². The van der Waals surface area contributed by atoms with Gasteiger partial charge in [-0.05, 0) is 44.5 Å². The third-order valence-corrected chi connectivity index (χ3v) is 4.55. The average Bonchev–Trinajstić information content (AvgIpc) is 3.00. The van der Waals surface area contributed by atoms with Crippen molar-refractivity contribution in [1.29, 1.82) is 0 Å². The summed E-state index contributed by atoms with van der Waals surface area (Å²) in [6.45, 7) is 7.05. The van der Waals surface area contributed by atoms with Crippen LogP contribution >= 0.6 is 11.3 Å². The highest BCUT2D eigenvalue weighted by Crippen LogP contribution is 2.32. The van der Waals surface area contributed by atoms with Crippen LogP contribution in [-0.4, -0.2) is 16.2 Å². The van der Waals surface area contributed by atoms with Gasteiger partial charge in [0, 0.05) is 23.2 Å². The highest BCUT2D eigenvalue weighted by atomic mass is 32.1. The van der Waals surface area contributed by atoms with Crippen LogP contribution in [0, 0.1) is 13.8 Å². The molecule has 3 rings (SSSR count). The molecule has 24 heavy (non-hydrogen) atoms. The zero-order valence-electron chi connectivity index (χ0n) is 14.1. The maximum absolute atomic E-state index is 12.0. The van der Waals surface area contributed by atoms with Crippen LogP contribution in [0.3, 0.4) is 0 Å². The van der Waals surface area contributed by atoms with E-state index in [1.165, 1.54) is 0 Å². The largest absolute Gasteiger partial charge is 0.493 e. The predicted molar refractivity (Wildman–Crippen MR) is 98.0 cm³/mol. The molecule has 5 heteroatoms. The van der Waals surface area contributed by atoms with Gasteiger partial charge < -0.3 is 9.30 Å². The van der Waals surface area contributed by atoms with Crippen molar-refractivity contribution in [3.63, 3.8) is 0 Å². The molecule has 0 N–H and O–H groups in total. The molecule has 0 aliphatic rings. The van der Waals surface area contributed by atoms with Crippen molar-refractivity contribution in [3.8, 4) is 17.0 Å². The summed E-state index contributed by atoms with van der Waals surface area (Å²) in [5.41, 5.74) is 4.02. The molecule has 124 valence electrons. The lowest BCUT2D eigenvalue weighted by Gasteiger charge is -2.09. The molecule has 4 nitrogen and oxygen atoms in total. The van der Waals surface area contributed by atoms with Gasteiger partial charge in [0.15, 0.2) is 0 Å². The third-order valence-electron chi connectivity index (χ3n) is 3.72. The molecular formula is C19H20N2O2S. The molecule has 2 heterocycles. The number of pyridine rings is 1. The number of aryl methyl sites for hydroxylation is 2. The van der Waals surface area contributed by atoms with Crippen molar-refractivity contribution in [2.24, 2.45) is 0 Å². The molecule has 0 bridgehead atoms. The SMILES string of the molecule is CCOc1ccc(C)cc1-c1csc(Cn2ccc(C)cc2=O)n1. The van der Waals surface area contributed by atoms with E-state index in [1.54, 1.807) is 22.0 Å². The normalized spacial score (nSPS) is 10.8. The van der Waals surface area contributed by atoms with Gasteiger partial charge in [0.25, 0.3) is 5.56 Å². The summed E-state index contributed by atoms with van der Waals surface area (Å²) < 4.78 is 7.39. The first kappa shape index (κ1) is 16.5.